The first-order chi connectivity index (χ1) is 6.66. The highest BCUT2D eigenvalue weighted by molar-refractivity contribution is 4.51. The Kier molecular flexibility index (Phi) is 9.35. The van der Waals surface area contributed by atoms with Crippen LogP contribution in [0.4, 0.5) is 0 Å². The molecule has 0 fully saturated rings. The van der Waals surface area contributed by atoms with Gasteiger partial charge in [0, 0.05) is 6.61 Å². The summed E-state index contributed by atoms with van der Waals surface area (Å²) in [5.41, 5.74) is 0. The van der Waals surface area contributed by atoms with Crippen molar-refractivity contribution in [3.8, 4) is 0 Å². The Bertz CT molecular complexity index is 115. The number of hydrogen-bond donors (Lipinski definition) is 1. The Labute approximate surface area is 87.4 Å². The van der Waals surface area contributed by atoms with E-state index >= 15 is 0 Å². The molecule has 0 bridgehead atoms. The summed E-state index contributed by atoms with van der Waals surface area (Å²) < 4.78 is 10.6. The second-order valence-corrected chi connectivity index (χ2v) is 3.99. The molecule has 86 valence electrons. The van der Waals surface area contributed by atoms with Gasteiger partial charge in [-0.3, -0.25) is 0 Å². The highest BCUT2D eigenvalue weighted by Crippen LogP contribution is 1.96. The third-order valence-electron chi connectivity index (χ3n) is 1.76. The van der Waals surface area contributed by atoms with E-state index in [-0.39, 0.29) is 6.10 Å². The van der Waals surface area contributed by atoms with Gasteiger partial charge in [0.2, 0.25) is 0 Å². The van der Waals surface area contributed by atoms with Crippen LogP contribution in [-0.4, -0.2) is 37.6 Å². The first-order valence-corrected chi connectivity index (χ1v) is 5.50. The minimum Gasteiger partial charge on any atom is -0.391 e. The molecule has 0 aromatic carbocycles. The Morgan fingerprint density at radius 3 is 2.14 bits per heavy atom. The molecule has 0 saturated carbocycles. The van der Waals surface area contributed by atoms with E-state index in [1.165, 1.54) is 0 Å². The van der Waals surface area contributed by atoms with Crippen LogP contribution < -0.4 is 0 Å². The number of aliphatic hydroxyl groups excluding tert-OH is 1. The topological polar surface area (TPSA) is 38.7 Å². The van der Waals surface area contributed by atoms with Crippen LogP contribution in [0.5, 0.6) is 0 Å². The average molecular weight is 204 g/mol. The lowest BCUT2D eigenvalue weighted by atomic mass is 10.2. The zero-order valence-corrected chi connectivity index (χ0v) is 9.66. The van der Waals surface area contributed by atoms with Gasteiger partial charge < -0.3 is 14.6 Å². The van der Waals surface area contributed by atoms with Crippen LogP contribution in [0.1, 0.15) is 33.6 Å². The van der Waals surface area contributed by atoms with Gasteiger partial charge in [-0.2, -0.15) is 0 Å². The van der Waals surface area contributed by atoms with Crippen molar-refractivity contribution in [2.24, 2.45) is 5.92 Å². The van der Waals surface area contributed by atoms with Crippen molar-refractivity contribution >= 4 is 0 Å². The molecule has 0 saturated heterocycles. The molecule has 0 spiro atoms. The summed E-state index contributed by atoms with van der Waals surface area (Å²) in [4.78, 5) is 0. The fourth-order valence-electron chi connectivity index (χ4n) is 1.07. The van der Waals surface area contributed by atoms with E-state index in [1.54, 1.807) is 0 Å². The quantitative estimate of drug-likeness (QED) is 0.582. The van der Waals surface area contributed by atoms with Crippen LogP contribution in [0.15, 0.2) is 0 Å². The Balaban J connectivity index is 3.05. The van der Waals surface area contributed by atoms with Crippen LogP contribution in [0.3, 0.4) is 0 Å². The van der Waals surface area contributed by atoms with Crippen molar-refractivity contribution in [1.82, 2.24) is 0 Å². The standard InChI is InChI=1S/C11H24O3/c1-4-5-11(12)9-14-7-6-13-8-10(2)3/h10-12H,4-9H2,1-3H3. The van der Waals surface area contributed by atoms with Crippen molar-refractivity contribution in [3.05, 3.63) is 0 Å². The van der Waals surface area contributed by atoms with Crippen LogP contribution in [0.25, 0.3) is 0 Å². The molecule has 0 amide bonds. The maximum Gasteiger partial charge on any atom is 0.0773 e. The lowest BCUT2D eigenvalue weighted by Crippen LogP contribution is -2.17. The Hall–Kier alpha value is -0.120. The van der Waals surface area contributed by atoms with Crippen LogP contribution in [0.2, 0.25) is 0 Å². The number of rotatable bonds is 9. The number of ether oxygens (including phenoxy) is 2. The minimum absolute atomic E-state index is 0.315. The van der Waals surface area contributed by atoms with Gasteiger partial charge in [-0.25, -0.2) is 0 Å². The molecule has 3 heteroatoms. The maximum absolute atomic E-state index is 9.33. The summed E-state index contributed by atoms with van der Waals surface area (Å²) in [7, 11) is 0. The lowest BCUT2D eigenvalue weighted by Gasteiger charge is -2.10. The van der Waals surface area contributed by atoms with Gasteiger partial charge in [0.05, 0.1) is 25.9 Å². The zero-order chi connectivity index (χ0) is 10.8. The molecule has 0 aromatic heterocycles. The molecule has 0 aromatic rings. The van der Waals surface area contributed by atoms with E-state index in [0.29, 0.717) is 25.7 Å². The average Bonchev–Trinajstić information content (AvgIpc) is 2.11. The van der Waals surface area contributed by atoms with Gasteiger partial charge in [-0.05, 0) is 12.3 Å². The predicted octanol–water partition coefficient (Wildman–Crippen LogP) is 1.84. The van der Waals surface area contributed by atoms with E-state index in [4.69, 9.17) is 9.47 Å². The summed E-state index contributed by atoms with van der Waals surface area (Å²) in [6.07, 6.45) is 1.49. The summed E-state index contributed by atoms with van der Waals surface area (Å²) in [6.45, 7) is 8.69. The molecule has 0 aliphatic heterocycles. The molecule has 0 radical (unpaired) electrons. The molecule has 0 heterocycles. The van der Waals surface area contributed by atoms with Crippen molar-refractivity contribution in [2.45, 2.75) is 39.7 Å². The highest BCUT2D eigenvalue weighted by Gasteiger charge is 2.01. The second kappa shape index (κ2) is 9.44. The van der Waals surface area contributed by atoms with Gasteiger partial charge in [0.1, 0.15) is 0 Å². The number of aliphatic hydroxyl groups is 1. The maximum atomic E-state index is 9.33. The molecule has 1 atom stereocenters. The summed E-state index contributed by atoms with van der Waals surface area (Å²) in [6, 6.07) is 0. The van der Waals surface area contributed by atoms with Gasteiger partial charge >= 0.3 is 0 Å². The van der Waals surface area contributed by atoms with Crippen molar-refractivity contribution in [2.75, 3.05) is 26.4 Å². The molecule has 1 N–H and O–H groups in total. The zero-order valence-electron chi connectivity index (χ0n) is 9.66. The normalized spacial score (nSPS) is 13.5. The molecular formula is C11H24O3. The molecule has 3 nitrogen and oxygen atoms in total. The van der Waals surface area contributed by atoms with E-state index in [0.717, 1.165) is 19.4 Å². The van der Waals surface area contributed by atoms with E-state index < -0.39 is 0 Å². The van der Waals surface area contributed by atoms with Crippen molar-refractivity contribution < 1.29 is 14.6 Å². The SMILES string of the molecule is CCCC(O)COCCOCC(C)C. The first kappa shape index (κ1) is 13.9. The predicted molar refractivity (Wildman–Crippen MR) is 57.4 cm³/mol. The van der Waals surface area contributed by atoms with Gasteiger partial charge in [-0.15, -0.1) is 0 Å². The first-order valence-electron chi connectivity index (χ1n) is 5.50. The van der Waals surface area contributed by atoms with E-state index in [1.807, 2.05) is 0 Å². The molecule has 0 aliphatic rings. The molecular weight excluding hydrogens is 180 g/mol. The van der Waals surface area contributed by atoms with E-state index in [9.17, 15) is 5.11 Å². The van der Waals surface area contributed by atoms with Gasteiger partial charge in [-0.1, -0.05) is 27.2 Å². The smallest absolute Gasteiger partial charge is 0.0773 e. The van der Waals surface area contributed by atoms with Crippen molar-refractivity contribution in [1.29, 1.82) is 0 Å². The molecule has 14 heavy (non-hydrogen) atoms. The largest absolute Gasteiger partial charge is 0.391 e. The second-order valence-electron chi connectivity index (χ2n) is 3.99. The summed E-state index contributed by atoms with van der Waals surface area (Å²) in [5.74, 6) is 0.570. The summed E-state index contributed by atoms with van der Waals surface area (Å²) >= 11 is 0. The van der Waals surface area contributed by atoms with Crippen molar-refractivity contribution in [3.63, 3.8) is 0 Å². The van der Waals surface area contributed by atoms with Gasteiger partial charge in [0.25, 0.3) is 0 Å². The third kappa shape index (κ3) is 9.96. The monoisotopic (exact) mass is 204 g/mol. The van der Waals surface area contributed by atoms with Crippen LogP contribution in [-0.2, 0) is 9.47 Å². The Morgan fingerprint density at radius 2 is 1.64 bits per heavy atom. The van der Waals surface area contributed by atoms with E-state index in [2.05, 4.69) is 20.8 Å². The minimum atomic E-state index is -0.315. The lowest BCUT2D eigenvalue weighted by molar-refractivity contribution is -0.00285. The van der Waals surface area contributed by atoms with Crippen LogP contribution >= 0.6 is 0 Å². The fourth-order valence-corrected chi connectivity index (χ4v) is 1.07. The van der Waals surface area contributed by atoms with Gasteiger partial charge in [0.15, 0.2) is 0 Å². The molecule has 0 aliphatic carbocycles. The highest BCUT2D eigenvalue weighted by atomic mass is 16.5. The Morgan fingerprint density at radius 1 is 1.07 bits per heavy atom. The summed E-state index contributed by atoms with van der Waals surface area (Å²) in [5, 5.41) is 9.33. The number of hydrogen-bond acceptors (Lipinski definition) is 3. The van der Waals surface area contributed by atoms with Crippen LogP contribution in [0, 0.1) is 5.92 Å². The molecule has 0 rings (SSSR count). The third-order valence-corrected chi connectivity index (χ3v) is 1.76. The molecule has 1 unspecified atom stereocenters. The fraction of sp³-hybridized carbons (Fsp3) is 1.00.